The van der Waals surface area contributed by atoms with Gasteiger partial charge in [-0.1, -0.05) is 25.7 Å². The second kappa shape index (κ2) is 7.09. The highest BCUT2D eigenvalue weighted by molar-refractivity contribution is 5.85. The van der Waals surface area contributed by atoms with E-state index in [9.17, 15) is 14.9 Å². The number of aromatic nitrogens is 1. The average molecular weight is 355 g/mol. The first kappa shape index (κ1) is 17.1. The SMILES string of the molecule is O=C(Cn1ccc2cc([N+](=O)[O-])ccc21)N(C1CCCC1)C1CCCC1. The number of non-ortho nitro benzene ring substituents is 1. The van der Waals surface area contributed by atoms with Gasteiger partial charge in [-0.05, 0) is 37.8 Å². The van der Waals surface area contributed by atoms with Crippen LogP contribution in [0.15, 0.2) is 30.5 Å². The molecular formula is C20H25N3O3. The molecule has 6 nitrogen and oxygen atoms in total. The Bertz CT molecular complexity index is 801. The van der Waals surface area contributed by atoms with Crippen molar-refractivity contribution >= 4 is 22.5 Å². The van der Waals surface area contributed by atoms with Gasteiger partial charge in [-0.2, -0.15) is 0 Å². The van der Waals surface area contributed by atoms with Crippen LogP contribution in [0.5, 0.6) is 0 Å². The van der Waals surface area contributed by atoms with Crippen molar-refractivity contribution in [3.05, 3.63) is 40.6 Å². The van der Waals surface area contributed by atoms with Gasteiger partial charge in [0.15, 0.2) is 0 Å². The first-order chi connectivity index (χ1) is 12.6. The standard InChI is InChI=1S/C20H25N3O3/c24-20(22(16-5-1-2-6-16)17-7-3-4-8-17)14-21-12-11-15-13-18(23(25)26)9-10-19(15)21/h9-13,16-17H,1-8,14H2. The average Bonchev–Trinajstić information content (AvgIpc) is 3.37. The topological polar surface area (TPSA) is 68.4 Å². The van der Waals surface area contributed by atoms with E-state index in [2.05, 4.69) is 4.90 Å². The number of amides is 1. The summed E-state index contributed by atoms with van der Waals surface area (Å²) in [6, 6.07) is 7.47. The summed E-state index contributed by atoms with van der Waals surface area (Å²) in [4.78, 5) is 26.0. The van der Waals surface area contributed by atoms with E-state index in [1.54, 1.807) is 12.1 Å². The molecule has 6 heteroatoms. The molecule has 1 amide bonds. The smallest absolute Gasteiger partial charge is 0.270 e. The normalized spacial score (nSPS) is 18.6. The second-order valence-electron chi connectivity index (χ2n) is 7.62. The van der Waals surface area contributed by atoms with E-state index < -0.39 is 0 Å². The van der Waals surface area contributed by atoms with Crippen LogP contribution in [-0.4, -0.2) is 32.4 Å². The molecule has 2 aromatic rings. The summed E-state index contributed by atoms with van der Waals surface area (Å²) in [5, 5.41) is 11.8. The molecule has 2 fully saturated rings. The van der Waals surface area contributed by atoms with Gasteiger partial charge in [-0.25, -0.2) is 0 Å². The Morgan fingerprint density at radius 3 is 2.27 bits per heavy atom. The molecular weight excluding hydrogens is 330 g/mol. The lowest BCUT2D eigenvalue weighted by Crippen LogP contribution is -2.46. The molecule has 2 saturated carbocycles. The van der Waals surface area contributed by atoms with E-state index in [4.69, 9.17) is 0 Å². The van der Waals surface area contributed by atoms with Crippen LogP contribution in [-0.2, 0) is 11.3 Å². The number of benzene rings is 1. The first-order valence-electron chi connectivity index (χ1n) is 9.68. The van der Waals surface area contributed by atoms with Gasteiger partial charge in [0.1, 0.15) is 6.54 Å². The molecule has 26 heavy (non-hydrogen) atoms. The zero-order chi connectivity index (χ0) is 18.1. The summed E-state index contributed by atoms with van der Waals surface area (Å²) >= 11 is 0. The monoisotopic (exact) mass is 355 g/mol. The summed E-state index contributed by atoms with van der Waals surface area (Å²) in [7, 11) is 0. The minimum Gasteiger partial charge on any atom is -0.338 e. The number of hydrogen-bond acceptors (Lipinski definition) is 3. The van der Waals surface area contributed by atoms with Crippen molar-refractivity contribution in [2.75, 3.05) is 0 Å². The maximum absolute atomic E-state index is 13.2. The van der Waals surface area contributed by atoms with Crippen molar-refractivity contribution in [1.82, 2.24) is 9.47 Å². The molecule has 1 aromatic carbocycles. The van der Waals surface area contributed by atoms with E-state index in [1.807, 2.05) is 16.8 Å². The third kappa shape index (κ3) is 3.20. The quantitative estimate of drug-likeness (QED) is 0.594. The minimum absolute atomic E-state index is 0.0834. The van der Waals surface area contributed by atoms with Crippen molar-refractivity contribution in [3.63, 3.8) is 0 Å². The summed E-state index contributed by atoms with van der Waals surface area (Å²) < 4.78 is 1.93. The molecule has 0 N–H and O–H groups in total. The predicted octanol–water partition coefficient (Wildman–Crippen LogP) is 4.26. The fraction of sp³-hybridized carbons (Fsp3) is 0.550. The molecule has 0 unspecified atom stereocenters. The Morgan fingerprint density at radius 1 is 1.08 bits per heavy atom. The Balaban J connectivity index is 1.57. The lowest BCUT2D eigenvalue weighted by Gasteiger charge is -2.35. The number of fused-ring (bicyclic) bond motifs is 1. The molecule has 2 aliphatic carbocycles. The third-order valence-electron chi connectivity index (χ3n) is 6.00. The lowest BCUT2D eigenvalue weighted by molar-refractivity contribution is -0.384. The van der Waals surface area contributed by atoms with Crippen molar-refractivity contribution in [3.8, 4) is 0 Å². The molecule has 0 radical (unpaired) electrons. The van der Waals surface area contributed by atoms with Crippen LogP contribution in [0.3, 0.4) is 0 Å². The van der Waals surface area contributed by atoms with Crippen LogP contribution in [0.4, 0.5) is 5.69 Å². The highest BCUT2D eigenvalue weighted by Gasteiger charge is 2.34. The van der Waals surface area contributed by atoms with Crippen LogP contribution in [0, 0.1) is 10.1 Å². The van der Waals surface area contributed by atoms with E-state index in [-0.39, 0.29) is 16.5 Å². The van der Waals surface area contributed by atoms with Crippen LogP contribution in [0.2, 0.25) is 0 Å². The number of carbonyl (C=O) groups excluding carboxylic acids is 1. The summed E-state index contributed by atoms with van der Waals surface area (Å²) in [5.41, 5.74) is 0.960. The second-order valence-corrected chi connectivity index (χ2v) is 7.62. The first-order valence-corrected chi connectivity index (χ1v) is 9.68. The van der Waals surface area contributed by atoms with E-state index in [0.717, 1.165) is 36.6 Å². The zero-order valence-electron chi connectivity index (χ0n) is 15.0. The molecule has 1 heterocycles. The van der Waals surface area contributed by atoms with Crippen molar-refractivity contribution in [2.45, 2.75) is 70.0 Å². The van der Waals surface area contributed by atoms with E-state index in [1.165, 1.54) is 31.7 Å². The van der Waals surface area contributed by atoms with Crippen LogP contribution in [0.25, 0.3) is 10.9 Å². The Kier molecular flexibility index (Phi) is 4.66. The molecule has 0 bridgehead atoms. The van der Waals surface area contributed by atoms with Crippen molar-refractivity contribution < 1.29 is 9.72 Å². The van der Waals surface area contributed by atoms with Gasteiger partial charge in [0, 0.05) is 41.3 Å². The van der Waals surface area contributed by atoms with Gasteiger partial charge in [0.25, 0.3) is 5.69 Å². The van der Waals surface area contributed by atoms with Gasteiger partial charge < -0.3 is 9.47 Å². The van der Waals surface area contributed by atoms with Gasteiger partial charge in [0.05, 0.1) is 4.92 Å². The Labute approximate surface area is 152 Å². The molecule has 2 aliphatic rings. The maximum atomic E-state index is 13.2. The van der Waals surface area contributed by atoms with Crippen LogP contribution >= 0.6 is 0 Å². The maximum Gasteiger partial charge on any atom is 0.270 e. The van der Waals surface area contributed by atoms with Crippen LogP contribution < -0.4 is 0 Å². The highest BCUT2D eigenvalue weighted by Crippen LogP contribution is 2.32. The Hall–Kier alpha value is -2.37. The predicted molar refractivity (Wildman–Crippen MR) is 100.0 cm³/mol. The molecule has 0 atom stereocenters. The summed E-state index contributed by atoms with van der Waals surface area (Å²) in [6.45, 7) is 0.314. The van der Waals surface area contributed by atoms with Gasteiger partial charge in [0.2, 0.25) is 5.91 Å². The number of nitro groups is 1. The van der Waals surface area contributed by atoms with Gasteiger partial charge >= 0.3 is 0 Å². The fourth-order valence-corrected chi connectivity index (χ4v) is 4.74. The largest absolute Gasteiger partial charge is 0.338 e. The van der Waals surface area contributed by atoms with E-state index >= 15 is 0 Å². The summed E-state index contributed by atoms with van der Waals surface area (Å²) in [6.07, 6.45) is 11.3. The number of carbonyl (C=O) groups is 1. The zero-order valence-corrected chi connectivity index (χ0v) is 15.0. The van der Waals surface area contributed by atoms with Crippen LogP contribution in [0.1, 0.15) is 51.4 Å². The lowest BCUT2D eigenvalue weighted by atomic mass is 10.1. The minimum atomic E-state index is -0.385. The highest BCUT2D eigenvalue weighted by atomic mass is 16.6. The number of nitrogens with zero attached hydrogens (tertiary/aromatic N) is 3. The summed E-state index contributed by atoms with van der Waals surface area (Å²) in [5.74, 6) is 0.194. The van der Waals surface area contributed by atoms with Crippen molar-refractivity contribution in [2.24, 2.45) is 0 Å². The van der Waals surface area contributed by atoms with E-state index in [0.29, 0.717) is 18.6 Å². The Morgan fingerprint density at radius 2 is 1.69 bits per heavy atom. The molecule has 1 aromatic heterocycles. The van der Waals surface area contributed by atoms with Crippen molar-refractivity contribution in [1.29, 1.82) is 0 Å². The molecule has 0 saturated heterocycles. The molecule has 138 valence electrons. The fourth-order valence-electron chi connectivity index (χ4n) is 4.74. The molecule has 0 aliphatic heterocycles. The number of hydrogen-bond donors (Lipinski definition) is 0. The molecule has 4 rings (SSSR count). The van der Waals surface area contributed by atoms with Gasteiger partial charge in [-0.15, -0.1) is 0 Å². The van der Waals surface area contributed by atoms with Gasteiger partial charge in [-0.3, -0.25) is 14.9 Å². The number of rotatable bonds is 5. The third-order valence-corrected chi connectivity index (χ3v) is 6.00. The number of nitro benzene ring substituents is 1. The molecule has 0 spiro atoms.